The molecule has 0 radical (unpaired) electrons. The Morgan fingerprint density at radius 3 is 2.42 bits per heavy atom. The van der Waals surface area contributed by atoms with Gasteiger partial charge in [0.25, 0.3) is 11.8 Å². The molecule has 138 valence electrons. The smallest absolute Gasteiger partial charge is 0.256 e. The predicted molar refractivity (Wildman–Crippen MR) is 107 cm³/mol. The minimum Gasteiger partial charge on any atom is -0.355 e. The normalized spacial score (nSPS) is 16.7. The summed E-state index contributed by atoms with van der Waals surface area (Å²) in [5.41, 5.74) is 2.58. The van der Waals surface area contributed by atoms with E-state index in [-0.39, 0.29) is 17.2 Å². The Labute approximate surface area is 159 Å². The first-order valence-corrected chi connectivity index (χ1v) is 9.86. The highest BCUT2D eigenvalue weighted by molar-refractivity contribution is 7.17. The molecule has 1 atom stereocenters. The molecular formula is C21H26N2O2S. The summed E-state index contributed by atoms with van der Waals surface area (Å²) in [5, 5.41) is 6.36. The van der Waals surface area contributed by atoms with E-state index in [0.717, 1.165) is 24.8 Å². The van der Waals surface area contributed by atoms with E-state index in [1.165, 1.54) is 4.88 Å². The number of benzene rings is 1. The summed E-state index contributed by atoms with van der Waals surface area (Å²) >= 11 is 1.56. The lowest BCUT2D eigenvalue weighted by molar-refractivity contribution is 0.0963. The van der Waals surface area contributed by atoms with Crippen molar-refractivity contribution in [2.24, 2.45) is 11.3 Å². The van der Waals surface area contributed by atoms with Crippen molar-refractivity contribution in [3.63, 3.8) is 0 Å². The molecule has 2 aromatic rings. The van der Waals surface area contributed by atoms with E-state index < -0.39 is 0 Å². The van der Waals surface area contributed by atoms with Gasteiger partial charge in [-0.2, -0.15) is 0 Å². The number of amides is 2. The molecule has 0 fully saturated rings. The van der Waals surface area contributed by atoms with Crippen LogP contribution in [0.25, 0.3) is 0 Å². The van der Waals surface area contributed by atoms with E-state index in [2.05, 4.69) is 31.4 Å². The minimum absolute atomic E-state index is 0.125. The lowest BCUT2D eigenvalue weighted by Gasteiger charge is -2.33. The predicted octanol–water partition coefficient (Wildman–Crippen LogP) is 4.51. The highest BCUT2D eigenvalue weighted by atomic mass is 32.1. The number of carbonyl (C=O) groups is 2. The lowest BCUT2D eigenvalue weighted by Crippen LogP contribution is -2.27. The van der Waals surface area contributed by atoms with Gasteiger partial charge >= 0.3 is 0 Å². The monoisotopic (exact) mass is 370 g/mol. The second-order valence-electron chi connectivity index (χ2n) is 7.91. The van der Waals surface area contributed by atoms with Crippen LogP contribution in [0.5, 0.6) is 0 Å². The SMILES string of the molecule is CNC(=O)c1c(NC(=O)c2ccccc2)sc2c1CC[C@H](C(C)(C)C)C2. The van der Waals surface area contributed by atoms with Gasteiger partial charge in [0.2, 0.25) is 0 Å². The summed E-state index contributed by atoms with van der Waals surface area (Å²) in [7, 11) is 1.63. The van der Waals surface area contributed by atoms with Crippen LogP contribution in [0.4, 0.5) is 5.00 Å². The van der Waals surface area contributed by atoms with Crippen molar-refractivity contribution in [2.75, 3.05) is 12.4 Å². The molecule has 0 bridgehead atoms. The van der Waals surface area contributed by atoms with E-state index in [0.29, 0.717) is 22.0 Å². The largest absolute Gasteiger partial charge is 0.355 e. The van der Waals surface area contributed by atoms with E-state index in [1.807, 2.05) is 18.2 Å². The van der Waals surface area contributed by atoms with Crippen molar-refractivity contribution in [1.29, 1.82) is 0 Å². The van der Waals surface area contributed by atoms with Gasteiger partial charge < -0.3 is 10.6 Å². The third kappa shape index (κ3) is 3.68. The number of nitrogens with one attached hydrogen (secondary N) is 2. The Hall–Kier alpha value is -2.14. The molecule has 5 heteroatoms. The molecule has 1 aliphatic carbocycles. The number of carbonyl (C=O) groups excluding carboxylic acids is 2. The Bertz CT molecular complexity index is 819. The second-order valence-corrected chi connectivity index (χ2v) is 9.02. The molecule has 0 saturated heterocycles. The maximum atomic E-state index is 12.6. The van der Waals surface area contributed by atoms with Crippen molar-refractivity contribution < 1.29 is 9.59 Å². The number of thiophene rings is 1. The molecule has 26 heavy (non-hydrogen) atoms. The fourth-order valence-electron chi connectivity index (χ4n) is 3.54. The van der Waals surface area contributed by atoms with Crippen molar-refractivity contribution >= 4 is 28.2 Å². The number of anilines is 1. The standard InChI is InChI=1S/C21H26N2O2S/c1-21(2,3)14-10-11-15-16(12-14)26-20(17(15)19(25)22-4)23-18(24)13-8-6-5-7-9-13/h5-9,14H,10-12H2,1-4H3,(H,22,25)(H,23,24)/t14-/m0/s1. The van der Waals surface area contributed by atoms with Crippen molar-refractivity contribution in [1.82, 2.24) is 5.32 Å². The van der Waals surface area contributed by atoms with Gasteiger partial charge in [0.05, 0.1) is 5.56 Å². The van der Waals surface area contributed by atoms with Gasteiger partial charge in [-0.15, -0.1) is 11.3 Å². The van der Waals surface area contributed by atoms with E-state index in [1.54, 1.807) is 30.5 Å². The molecule has 1 aromatic heterocycles. The van der Waals surface area contributed by atoms with Crippen LogP contribution in [0.3, 0.4) is 0 Å². The number of fused-ring (bicyclic) bond motifs is 1. The summed E-state index contributed by atoms with van der Waals surface area (Å²) < 4.78 is 0. The third-order valence-electron chi connectivity index (χ3n) is 5.21. The number of rotatable bonds is 3. The zero-order valence-corrected chi connectivity index (χ0v) is 16.6. The molecular weight excluding hydrogens is 344 g/mol. The summed E-state index contributed by atoms with van der Waals surface area (Å²) in [5.74, 6) is 0.283. The molecule has 2 amide bonds. The molecule has 0 spiro atoms. The molecule has 0 aliphatic heterocycles. The van der Waals surface area contributed by atoms with Crippen LogP contribution >= 0.6 is 11.3 Å². The lowest BCUT2D eigenvalue weighted by atomic mass is 9.72. The fourth-order valence-corrected chi connectivity index (χ4v) is 4.86. The number of hydrogen-bond donors (Lipinski definition) is 2. The molecule has 4 nitrogen and oxygen atoms in total. The van der Waals surface area contributed by atoms with Gasteiger partial charge in [0.1, 0.15) is 5.00 Å². The fraction of sp³-hybridized carbons (Fsp3) is 0.429. The summed E-state index contributed by atoms with van der Waals surface area (Å²) in [4.78, 5) is 26.3. The van der Waals surface area contributed by atoms with Crippen molar-refractivity contribution in [3.8, 4) is 0 Å². The molecule has 1 aromatic carbocycles. The minimum atomic E-state index is -0.179. The van der Waals surface area contributed by atoms with Gasteiger partial charge in [-0.25, -0.2) is 0 Å². The highest BCUT2D eigenvalue weighted by Crippen LogP contribution is 2.44. The first kappa shape index (κ1) is 18.6. The van der Waals surface area contributed by atoms with Gasteiger partial charge in [-0.1, -0.05) is 39.0 Å². The number of hydrogen-bond acceptors (Lipinski definition) is 3. The molecule has 3 rings (SSSR count). The average Bonchev–Trinajstić information content (AvgIpc) is 2.98. The van der Waals surface area contributed by atoms with Crippen LogP contribution in [0.2, 0.25) is 0 Å². The Morgan fingerprint density at radius 2 is 1.81 bits per heavy atom. The van der Waals surface area contributed by atoms with Gasteiger partial charge in [-0.05, 0) is 48.3 Å². The summed E-state index contributed by atoms with van der Waals surface area (Å²) in [6.45, 7) is 6.82. The molecule has 0 unspecified atom stereocenters. The highest BCUT2D eigenvalue weighted by Gasteiger charge is 2.33. The third-order valence-corrected chi connectivity index (χ3v) is 6.38. The Kier molecular flexibility index (Phi) is 5.19. The van der Waals surface area contributed by atoms with Crippen LogP contribution in [-0.4, -0.2) is 18.9 Å². The van der Waals surface area contributed by atoms with Crippen LogP contribution in [0.1, 0.15) is 58.3 Å². The first-order chi connectivity index (χ1) is 12.3. The Morgan fingerprint density at radius 1 is 1.12 bits per heavy atom. The van der Waals surface area contributed by atoms with Gasteiger partial charge in [-0.3, -0.25) is 9.59 Å². The van der Waals surface area contributed by atoms with Crippen LogP contribution < -0.4 is 10.6 Å². The zero-order valence-electron chi connectivity index (χ0n) is 15.8. The molecule has 0 saturated carbocycles. The van der Waals surface area contributed by atoms with Crippen molar-refractivity contribution in [2.45, 2.75) is 40.0 Å². The van der Waals surface area contributed by atoms with Crippen molar-refractivity contribution in [3.05, 3.63) is 51.9 Å². The maximum Gasteiger partial charge on any atom is 0.256 e. The second kappa shape index (κ2) is 7.23. The average molecular weight is 371 g/mol. The van der Waals surface area contributed by atoms with Gasteiger partial charge in [0.15, 0.2) is 0 Å². The van der Waals surface area contributed by atoms with Crippen LogP contribution in [0, 0.1) is 11.3 Å². The molecule has 2 N–H and O–H groups in total. The van der Waals surface area contributed by atoms with Gasteiger partial charge in [0, 0.05) is 17.5 Å². The molecule has 1 aliphatic rings. The summed E-state index contributed by atoms with van der Waals surface area (Å²) in [6, 6.07) is 9.10. The maximum absolute atomic E-state index is 12.6. The first-order valence-electron chi connectivity index (χ1n) is 9.04. The van der Waals surface area contributed by atoms with E-state index in [4.69, 9.17) is 0 Å². The Balaban J connectivity index is 1.94. The topological polar surface area (TPSA) is 58.2 Å². The van der Waals surface area contributed by atoms with E-state index >= 15 is 0 Å². The zero-order chi connectivity index (χ0) is 18.9. The summed E-state index contributed by atoms with van der Waals surface area (Å²) in [6.07, 6.45) is 2.93. The molecule has 1 heterocycles. The van der Waals surface area contributed by atoms with E-state index in [9.17, 15) is 9.59 Å². The van der Waals surface area contributed by atoms with Crippen LogP contribution in [-0.2, 0) is 12.8 Å². The quantitative estimate of drug-likeness (QED) is 0.835. The van der Waals surface area contributed by atoms with Crippen LogP contribution in [0.15, 0.2) is 30.3 Å².